The molecule has 13 heteroatoms. The van der Waals surface area contributed by atoms with Gasteiger partial charge in [0.1, 0.15) is 11.4 Å². The largest absolute Gasteiger partial charge is 0.343 e. The Morgan fingerprint density at radius 3 is 2.54 bits per heavy atom. The van der Waals surface area contributed by atoms with Crippen LogP contribution in [0.2, 0.25) is 0 Å². The zero-order valence-corrected chi connectivity index (χ0v) is 16.0. The molecular formula is C13H17ClN6O5S. The second-order valence-electron chi connectivity index (χ2n) is 5.77. The monoisotopic (exact) mass is 404 g/mol. The van der Waals surface area contributed by atoms with Crippen LogP contribution in [0.15, 0.2) is 4.99 Å². The average Bonchev–Trinajstić information content (AvgIpc) is 2.95. The minimum absolute atomic E-state index is 0.101. The summed E-state index contributed by atoms with van der Waals surface area (Å²) in [5, 5.41) is 6.08. The van der Waals surface area contributed by atoms with Crippen molar-refractivity contribution in [3.05, 3.63) is 5.69 Å². The number of alkyl halides is 1. The highest BCUT2D eigenvalue weighted by atomic mass is 35.5. The maximum atomic E-state index is 12.3. The number of aryl methyl sites for hydroxylation is 1. The van der Waals surface area contributed by atoms with Crippen molar-refractivity contribution in [1.82, 2.24) is 20.0 Å². The normalized spacial score (nSPS) is 19.0. The average molecular weight is 405 g/mol. The highest BCUT2D eigenvalue weighted by Crippen LogP contribution is 2.31. The Morgan fingerprint density at radius 2 is 2.04 bits per heavy atom. The Labute approximate surface area is 154 Å². The predicted molar refractivity (Wildman–Crippen MR) is 94.1 cm³/mol. The summed E-state index contributed by atoms with van der Waals surface area (Å²) in [5.41, 5.74) is -0.579. The molecule has 1 saturated heterocycles. The maximum Gasteiger partial charge on any atom is 0.276 e. The van der Waals surface area contributed by atoms with E-state index < -0.39 is 33.7 Å². The van der Waals surface area contributed by atoms with Gasteiger partial charge in [-0.3, -0.25) is 24.4 Å². The Balaban J connectivity index is 2.68. The summed E-state index contributed by atoms with van der Waals surface area (Å²) in [5.74, 6) is -3.19. The smallest absolute Gasteiger partial charge is 0.276 e. The molecule has 2 N–H and O–H groups in total. The quantitative estimate of drug-likeness (QED) is 0.479. The van der Waals surface area contributed by atoms with Gasteiger partial charge in [0.25, 0.3) is 11.8 Å². The summed E-state index contributed by atoms with van der Waals surface area (Å²) in [7, 11) is 0.582. The number of carbonyl (C=O) groups is 3. The second kappa shape index (κ2) is 7.03. The molecule has 11 nitrogen and oxygen atoms in total. The highest BCUT2D eigenvalue weighted by Gasteiger charge is 2.38. The molecule has 0 saturated carbocycles. The Morgan fingerprint density at radius 1 is 1.42 bits per heavy atom. The van der Waals surface area contributed by atoms with Crippen molar-refractivity contribution < 1.29 is 22.8 Å². The first-order valence-corrected chi connectivity index (χ1v) is 9.65. The molecular weight excluding hydrogens is 388 g/mol. The molecule has 1 aliphatic rings. The van der Waals surface area contributed by atoms with Crippen LogP contribution in [-0.4, -0.2) is 72.8 Å². The van der Waals surface area contributed by atoms with Crippen molar-refractivity contribution in [1.29, 1.82) is 0 Å². The third kappa shape index (κ3) is 3.85. The number of amides is 3. The van der Waals surface area contributed by atoms with Crippen LogP contribution in [0.25, 0.3) is 0 Å². The number of nitrogens with zero attached hydrogens (tertiary/aromatic N) is 4. The van der Waals surface area contributed by atoms with Crippen molar-refractivity contribution in [2.24, 2.45) is 18.0 Å². The molecule has 1 atom stereocenters. The number of nitrogens with one attached hydrogen (secondary N) is 2. The van der Waals surface area contributed by atoms with Crippen molar-refractivity contribution >= 4 is 56.6 Å². The lowest BCUT2D eigenvalue weighted by Crippen LogP contribution is -2.24. The number of aromatic nitrogens is 2. The van der Waals surface area contributed by atoms with E-state index in [0.29, 0.717) is 0 Å². The first-order chi connectivity index (χ1) is 12.0. The van der Waals surface area contributed by atoms with Gasteiger partial charge >= 0.3 is 0 Å². The standard InChI is InChI=1S/C13H17ClN6O5S/c1-19(2)13(23)9-8(18-26(4,24)25)10(20(3)17-9)15-7-6(5-14)11(21)16-12(7)22/h6,18H,5H2,1-4H3,(H,16,21,22). The zero-order chi connectivity index (χ0) is 19.8. The van der Waals surface area contributed by atoms with Crippen molar-refractivity contribution in [2.75, 3.05) is 31.0 Å². The fraction of sp³-hybridized carbons (Fsp3) is 0.462. The molecule has 1 aromatic heterocycles. The van der Waals surface area contributed by atoms with E-state index in [2.05, 4.69) is 20.1 Å². The van der Waals surface area contributed by atoms with Crippen LogP contribution in [-0.2, 0) is 26.7 Å². The molecule has 1 fully saturated rings. The van der Waals surface area contributed by atoms with Gasteiger partial charge in [-0.1, -0.05) is 0 Å². The molecule has 1 aromatic rings. The van der Waals surface area contributed by atoms with Gasteiger partial charge in [0.05, 0.1) is 12.2 Å². The summed E-state index contributed by atoms with van der Waals surface area (Å²) in [6.45, 7) is 0. The lowest BCUT2D eigenvalue weighted by Gasteiger charge is -2.10. The molecule has 0 aliphatic carbocycles. The zero-order valence-electron chi connectivity index (χ0n) is 14.4. The molecule has 3 amide bonds. The van der Waals surface area contributed by atoms with E-state index >= 15 is 0 Å². The summed E-state index contributed by atoms with van der Waals surface area (Å²) < 4.78 is 26.7. The van der Waals surface area contributed by atoms with Crippen LogP contribution >= 0.6 is 11.6 Å². The predicted octanol–water partition coefficient (Wildman–Crippen LogP) is -0.923. The number of aliphatic imine (C=N–C) groups is 1. The first kappa shape index (κ1) is 19.8. The van der Waals surface area contributed by atoms with Crippen LogP contribution in [0.3, 0.4) is 0 Å². The fourth-order valence-electron chi connectivity index (χ4n) is 2.22. The third-order valence-electron chi connectivity index (χ3n) is 3.41. The topological polar surface area (TPSA) is 143 Å². The highest BCUT2D eigenvalue weighted by molar-refractivity contribution is 7.92. The Bertz CT molecular complexity index is 920. The molecule has 0 aromatic carbocycles. The van der Waals surface area contributed by atoms with Crippen molar-refractivity contribution in [3.8, 4) is 0 Å². The lowest BCUT2D eigenvalue weighted by molar-refractivity contribution is -0.125. The maximum absolute atomic E-state index is 12.3. The van der Waals surface area contributed by atoms with E-state index in [4.69, 9.17) is 11.6 Å². The van der Waals surface area contributed by atoms with Gasteiger partial charge in [-0.2, -0.15) is 5.10 Å². The molecule has 26 heavy (non-hydrogen) atoms. The minimum Gasteiger partial charge on any atom is -0.343 e. The number of imide groups is 1. The van der Waals surface area contributed by atoms with Gasteiger partial charge in [-0.25, -0.2) is 18.1 Å². The van der Waals surface area contributed by atoms with Crippen LogP contribution in [0.4, 0.5) is 11.5 Å². The van der Waals surface area contributed by atoms with Gasteiger partial charge in [-0.05, 0) is 0 Å². The fourth-order valence-corrected chi connectivity index (χ4v) is 3.06. The van der Waals surface area contributed by atoms with E-state index in [0.717, 1.165) is 10.9 Å². The summed E-state index contributed by atoms with van der Waals surface area (Å²) in [6.07, 6.45) is 0.897. The van der Waals surface area contributed by atoms with E-state index in [9.17, 15) is 22.8 Å². The Hall–Kier alpha value is -2.47. The van der Waals surface area contributed by atoms with Gasteiger partial charge in [0.2, 0.25) is 15.9 Å². The van der Waals surface area contributed by atoms with E-state index in [-0.39, 0.29) is 28.8 Å². The van der Waals surface area contributed by atoms with Crippen LogP contribution < -0.4 is 10.0 Å². The molecule has 1 unspecified atom stereocenters. The van der Waals surface area contributed by atoms with Crippen molar-refractivity contribution in [2.45, 2.75) is 0 Å². The van der Waals surface area contributed by atoms with Crippen molar-refractivity contribution in [3.63, 3.8) is 0 Å². The number of rotatable bonds is 5. The molecule has 2 rings (SSSR count). The van der Waals surface area contributed by atoms with Gasteiger partial charge in [0.15, 0.2) is 11.5 Å². The molecule has 142 valence electrons. The summed E-state index contributed by atoms with van der Waals surface area (Å²) >= 11 is 5.72. The number of sulfonamides is 1. The summed E-state index contributed by atoms with van der Waals surface area (Å²) in [4.78, 5) is 41.3. The second-order valence-corrected chi connectivity index (χ2v) is 7.82. The van der Waals surface area contributed by atoms with Crippen LogP contribution in [0, 0.1) is 5.92 Å². The van der Waals surface area contributed by atoms with Gasteiger partial charge < -0.3 is 4.90 Å². The van der Waals surface area contributed by atoms with Crippen LogP contribution in [0.1, 0.15) is 10.5 Å². The number of anilines is 1. The van der Waals surface area contributed by atoms with Gasteiger partial charge in [0, 0.05) is 27.0 Å². The molecule has 0 radical (unpaired) electrons. The molecule has 0 spiro atoms. The SMILES string of the molecule is CN(C)C(=O)c1nn(C)c(N=C2C(=O)NC(=O)C2CCl)c1NS(C)(=O)=O. The first-order valence-electron chi connectivity index (χ1n) is 7.22. The third-order valence-corrected chi connectivity index (χ3v) is 4.29. The minimum atomic E-state index is -3.78. The van der Waals surface area contributed by atoms with Gasteiger partial charge in [-0.15, -0.1) is 11.6 Å². The van der Waals surface area contributed by atoms with E-state index in [1.807, 2.05) is 0 Å². The van der Waals surface area contributed by atoms with Crippen LogP contribution in [0.5, 0.6) is 0 Å². The number of carbonyl (C=O) groups excluding carboxylic acids is 3. The number of halogens is 1. The summed E-state index contributed by atoms with van der Waals surface area (Å²) in [6, 6.07) is 0. The molecule has 2 heterocycles. The van der Waals surface area contributed by atoms with E-state index in [1.165, 1.54) is 26.0 Å². The lowest BCUT2D eigenvalue weighted by atomic mass is 10.1. The Kier molecular flexibility index (Phi) is 5.37. The molecule has 1 aliphatic heterocycles. The number of hydrogen-bond acceptors (Lipinski definition) is 7. The molecule has 0 bridgehead atoms. The number of hydrogen-bond donors (Lipinski definition) is 2. The van der Waals surface area contributed by atoms with E-state index in [1.54, 1.807) is 0 Å².